The minimum absolute atomic E-state index is 0.208. The smallest absolute Gasteiger partial charge is 0.00791 e. The molecule has 0 aromatic carbocycles. The lowest BCUT2D eigenvalue weighted by Crippen LogP contribution is -2.38. The molecule has 1 aromatic rings. The standard InChI is InChI=1S/C15H27N3/c1-15(2,13-6-9-16-11-13)12-17-10-7-14-5-3-4-8-18-14/h6,9,11,14,16-18H,3-5,7-8,10,12H2,1-2H3. The van der Waals surface area contributed by atoms with Gasteiger partial charge in [0.15, 0.2) is 0 Å². The average Bonchev–Trinajstić information content (AvgIpc) is 2.91. The van der Waals surface area contributed by atoms with Crippen LogP contribution >= 0.6 is 0 Å². The molecule has 0 aliphatic carbocycles. The van der Waals surface area contributed by atoms with Crippen LogP contribution in [-0.2, 0) is 5.41 Å². The Hall–Kier alpha value is -0.800. The van der Waals surface area contributed by atoms with Crippen LogP contribution in [0.3, 0.4) is 0 Å². The van der Waals surface area contributed by atoms with Crippen molar-refractivity contribution in [2.75, 3.05) is 19.6 Å². The van der Waals surface area contributed by atoms with Crippen molar-refractivity contribution in [1.29, 1.82) is 0 Å². The quantitative estimate of drug-likeness (QED) is 0.678. The van der Waals surface area contributed by atoms with E-state index in [4.69, 9.17) is 0 Å². The number of piperidine rings is 1. The maximum atomic E-state index is 3.61. The first-order valence-corrected chi connectivity index (χ1v) is 7.26. The van der Waals surface area contributed by atoms with E-state index in [1.165, 1.54) is 37.8 Å². The highest BCUT2D eigenvalue weighted by Gasteiger charge is 2.20. The van der Waals surface area contributed by atoms with Crippen molar-refractivity contribution in [3.05, 3.63) is 24.0 Å². The van der Waals surface area contributed by atoms with E-state index >= 15 is 0 Å². The Kier molecular flexibility index (Phi) is 4.84. The Morgan fingerprint density at radius 3 is 2.94 bits per heavy atom. The molecule has 3 nitrogen and oxygen atoms in total. The Balaban J connectivity index is 1.65. The van der Waals surface area contributed by atoms with Gasteiger partial charge in [0.1, 0.15) is 0 Å². The fraction of sp³-hybridized carbons (Fsp3) is 0.733. The highest BCUT2D eigenvalue weighted by molar-refractivity contribution is 5.20. The lowest BCUT2D eigenvalue weighted by atomic mass is 9.86. The van der Waals surface area contributed by atoms with E-state index in [1.54, 1.807) is 0 Å². The number of aromatic amines is 1. The van der Waals surface area contributed by atoms with Gasteiger partial charge in [-0.1, -0.05) is 20.3 Å². The first-order chi connectivity index (χ1) is 8.68. The van der Waals surface area contributed by atoms with E-state index in [0.717, 1.165) is 19.1 Å². The summed E-state index contributed by atoms with van der Waals surface area (Å²) in [6.07, 6.45) is 9.45. The normalized spacial score (nSPS) is 21.1. The van der Waals surface area contributed by atoms with Gasteiger partial charge in [0, 0.05) is 30.4 Å². The fourth-order valence-corrected chi connectivity index (χ4v) is 2.69. The zero-order chi connectivity index (χ0) is 12.8. The van der Waals surface area contributed by atoms with Crippen LogP contribution in [0.5, 0.6) is 0 Å². The van der Waals surface area contributed by atoms with Crippen LogP contribution in [0.1, 0.15) is 45.1 Å². The average molecular weight is 249 g/mol. The number of aromatic nitrogens is 1. The molecule has 1 saturated heterocycles. The van der Waals surface area contributed by atoms with Gasteiger partial charge in [0.2, 0.25) is 0 Å². The highest BCUT2D eigenvalue weighted by atomic mass is 14.9. The second-order valence-corrected chi connectivity index (χ2v) is 6.10. The van der Waals surface area contributed by atoms with Crippen LogP contribution in [0, 0.1) is 0 Å². The van der Waals surface area contributed by atoms with Gasteiger partial charge in [0.05, 0.1) is 0 Å². The van der Waals surface area contributed by atoms with Gasteiger partial charge < -0.3 is 15.6 Å². The van der Waals surface area contributed by atoms with Crippen molar-refractivity contribution in [3.63, 3.8) is 0 Å². The molecule has 1 unspecified atom stereocenters. The molecule has 102 valence electrons. The van der Waals surface area contributed by atoms with Crippen molar-refractivity contribution in [2.45, 2.75) is 51.0 Å². The van der Waals surface area contributed by atoms with E-state index in [-0.39, 0.29) is 5.41 Å². The van der Waals surface area contributed by atoms with Crippen molar-refractivity contribution >= 4 is 0 Å². The Labute approximate surface area is 111 Å². The number of hydrogen-bond donors (Lipinski definition) is 3. The van der Waals surface area contributed by atoms with E-state index in [1.807, 2.05) is 6.20 Å². The Morgan fingerprint density at radius 1 is 1.39 bits per heavy atom. The second kappa shape index (κ2) is 6.39. The minimum atomic E-state index is 0.208. The van der Waals surface area contributed by atoms with E-state index in [0.29, 0.717) is 0 Å². The van der Waals surface area contributed by atoms with Gasteiger partial charge in [-0.15, -0.1) is 0 Å². The number of rotatable bonds is 6. The first-order valence-electron chi connectivity index (χ1n) is 7.26. The number of nitrogens with one attached hydrogen (secondary N) is 3. The molecule has 3 heteroatoms. The Morgan fingerprint density at radius 2 is 2.28 bits per heavy atom. The molecule has 0 amide bonds. The van der Waals surface area contributed by atoms with Crippen molar-refractivity contribution in [2.24, 2.45) is 0 Å². The van der Waals surface area contributed by atoms with Crippen LogP contribution in [0.2, 0.25) is 0 Å². The highest BCUT2D eigenvalue weighted by Crippen LogP contribution is 2.21. The van der Waals surface area contributed by atoms with Gasteiger partial charge >= 0.3 is 0 Å². The fourth-order valence-electron chi connectivity index (χ4n) is 2.69. The maximum absolute atomic E-state index is 3.61. The number of H-pyrrole nitrogens is 1. The molecule has 0 bridgehead atoms. The lowest BCUT2D eigenvalue weighted by molar-refractivity contribution is 0.368. The zero-order valence-corrected chi connectivity index (χ0v) is 11.8. The van der Waals surface area contributed by atoms with Crippen LogP contribution in [0.25, 0.3) is 0 Å². The summed E-state index contributed by atoms with van der Waals surface area (Å²) in [4.78, 5) is 3.14. The van der Waals surface area contributed by atoms with Crippen molar-refractivity contribution < 1.29 is 0 Å². The molecule has 1 aliphatic rings. The van der Waals surface area contributed by atoms with E-state index in [2.05, 4.69) is 41.7 Å². The van der Waals surface area contributed by atoms with Crippen LogP contribution in [0.15, 0.2) is 18.5 Å². The third-order valence-corrected chi connectivity index (χ3v) is 4.03. The maximum Gasteiger partial charge on any atom is 0.00791 e. The first kappa shape index (κ1) is 13.6. The van der Waals surface area contributed by atoms with E-state index in [9.17, 15) is 0 Å². The third-order valence-electron chi connectivity index (χ3n) is 4.03. The molecule has 1 aliphatic heterocycles. The number of hydrogen-bond acceptors (Lipinski definition) is 2. The van der Waals surface area contributed by atoms with Crippen LogP contribution in [0.4, 0.5) is 0 Å². The molecule has 0 saturated carbocycles. The molecule has 0 radical (unpaired) electrons. The second-order valence-electron chi connectivity index (χ2n) is 6.10. The summed E-state index contributed by atoms with van der Waals surface area (Å²) < 4.78 is 0. The summed E-state index contributed by atoms with van der Waals surface area (Å²) in [6.45, 7) is 7.95. The van der Waals surface area contributed by atoms with Crippen LogP contribution < -0.4 is 10.6 Å². The van der Waals surface area contributed by atoms with Gasteiger partial charge in [-0.2, -0.15) is 0 Å². The summed E-state index contributed by atoms with van der Waals surface area (Å²) in [5.74, 6) is 0. The minimum Gasteiger partial charge on any atom is -0.367 e. The zero-order valence-electron chi connectivity index (χ0n) is 11.8. The largest absolute Gasteiger partial charge is 0.367 e. The van der Waals surface area contributed by atoms with Gasteiger partial charge in [-0.3, -0.25) is 0 Å². The predicted octanol–water partition coefficient (Wildman–Crippen LogP) is 2.41. The van der Waals surface area contributed by atoms with Gasteiger partial charge in [-0.05, 0) is 44.0 Å². The molecular formula is C15H27N3. The summed E-state index contributed by atoms with van der Waals surface area (Å²) in [7, 11) is 0. The molecule has 0 spiro atoms. The molecule has 2 heterocycles. The molecule has 18 heavy (non-hydrogen) atoms. The monoisotopic (exact) mass is 249 g/mol. The summed E-state index contributed by atoms with van der Waals surface area (Å²) >= 11 is 0. The summed E-state index contributed by atoms with van der Waals surface area (Å²) in [5, 5.41) is 7.21. The van der Waals surface area contributed by atoms with Crippen molar-refractivity contribution in [1.82, 2.24) is 15.6 Å². The third kappa shape index (κ3) is 3.85. The van der Waals surface area contributed by atoms with Gasteiger partial charge in [-0.25, -0.2) is 0 Å². The van der Waals surface area contributed by atoms with E-state index < -0.39 is 0 Å². The summed E-state index contributed by atoms with van der Waals surface area (Å²) in [5.41, 5.74) is 1.59. The molecule has 1 aromatic heterocycles. The SMILES string of the molecule is CC(C)(CNCCC1CCCCN1)c1cc[nH]c1. The van der Waals surface area contributed by atoms with Crippen LogP contribution in [-0.4, -0.2) is 30.7 Å². The predicted molar refractivity (Wildman–Crippen MR) is 76.9 cm³/mol. The van der Waals surface area contributed by atoms with Crippen molar-refractivity contribution in [3.8, 4) is 0 Å². The topological polar surface area (TPSA) is 39.8 Å². The molecule has 1 fully saturated rings. The molecular weight excluding hydrogens is 222 g/mol. The molecule has 3 N–H and O–H groups in total. The Bertz CT molecular complexity index is 324. The lowest BCUT2D eigenvalue weighted by Gasteiger charge is -2.26. The molecule has 1 atom stereocenters. The molecule has 2 rings (SSSR count). The summed E-state index contributed by atoms with van der Waals surface area (Å²) in [6, 6.07) is 2.91. The van der Waals surface area contributed by atoms with Gasteiger partial charge in [0.25, 0.3) is 0 Å².